The molecule has 0 atom stereocenters. The Kier molecular flexibility index (Phi) is 9.00. The smallest absolute Gasteiger partial charge is 0.279 e. The first-order valence-corrected chi connectivity index (χ1v) is 13.8. The number of thiazole rings is 1. The Morgan fingerprint density at radius 2 is 1.79 bits per heavy atom. The molecule has 0 radical (unpaired) electrons. The lowest BCUT2D eigenvalue weighted by Gasteiger charge is -2.21. The first-order valence-electron chi connectivity index (χ1n) is 10.8. The Bertz CT molecular complexity index is 1280. The predicted molar refractivity (Wildman–Crippen MR) is 135 cm³/mol. The molecule has 0 unspecified atom stereocenters. The number of benzene rings is 2. The topological polar surface area (TPSA) is 81.0 Å². The van der Waals surface area contributed by atoms with Crippen molar-refractivity contribution in [2.24, 2.45) is 4.99 Å². The summed E-state index contributed by atoms with van der Waals surface area (Å²) in [5, 5.41) is 0. The zero-order chi connectivity index (χ0) is 24.0. The lowest BCUT2D eigenvalue weighted by molar-refractivity contribution is 0.0997. The molecule has 0 aliphatic rings. The lowest BCUT2D eigenvalue weighted by Crippen LogP contribution is -2.32. The number of nitrogens with zero attached hydrogens (tertiary/aromatic N) is 3. The summed E-state index contributed by atoms with van der Waals surface area (Å²) in [5.41, 5.74) is 1.31. The molecular weight excluding hydrogens is 526 g/mol. The van der Waals surface area contributed by atoms with Gasteiger partial charge in [0.25, 0.3) is 5.91 Å². The van der Waals surface area contributed by atoms with E-state index in [-0.39, 0.29) is 4.90 Å². The summed E-state index contributed by atoms with van der Waals surface area (Å²) >= 11 is 4.90. The summed E-state index contributed by atoms with van der Waals surface area (Å²) in [7, 11) is -1.96. The molecule has 0 bridgehead atoms. The molecule has 1 amide bonds. The normalized spacial score (nSPS) is 12.7. The van der Waals surface area contributed by atoms with Crippen molar-refractivity contribution in [3.63, 3.8) is 0 Å². The molecule has 0 aliphatic heterocycles. The average Bonchev–Trinajstić information content (AvgIpc) is 3.13. The number of aromatic nitrogens is 1. The minimum atomic E-state index is -3.59. The van der Waals surface area contributed by atoms with Crippen molar-refractivity contribution in [1.29, 1.82) is 0 Å². The van der Waals surface area contributed by atoms with E-state index < -0.39 is 15.9 Å². The van der Waals surface area contributed by atoms with Crippen molar-refractivity contribution in [2.75, 3.05) is 26.8 Å². The van der Waals surface area contributed by atoms with E-state index in [4.69, 9.17) is 4.74 Å². The summed E-state index contributed by atoms with van der Waals surface area (Å²) < 4.78 is 36.5. The van der Waals surface area contributed by atoms with Crippen LogP contribution in [0.1, 0.15) is 37.0 Å². The molecule has 178 valence electrons. The van der Waals surface area contributed by atoms with Gasteiger partial charge in [0, 0.05) is 36.8 Å². The van der Waals surface area contributed by atoms with Crippen LogP contribution in [0.15, 0.2) is 56.8 Å². The molecule has 3 rings (SSSR count). The van der Waals surface area contributed by atoms with Gasteiger partial charge in [0.05, 0.1) is 21.7 Å². The maximum absolute atomic E-state index is 13.0. The number of hydrogen-bond acceptors (Lipinski definition) is 5. The number of halogens is 1. The van der Waals surface area contributed by atoms with E-state index in [1.54, 1.807) is 7.11 Å². The van der Waals surface area contributed by atoms with Crippen molar-refractivity contribution < 1.29 is 17.9 Å². The van der Waals surface area contributed by atoms with Crippen molar-refractivity contribution >= 4 is 53.4 Å². The van der Waals surface area contributed by atoms with Crippen LogP contribution in [0.3, 0.4) is 0 Å². The molecule has 0 N–H and O–H groups in total. The van der Waals surface area contributed by atoms with Crippen LogP contribution in [0, 0.1) is 0 Å². The van der Waals surface area contributed by atoms with Crippen LogP contribution >= 0.6 is 27.3 Å². The van der Waals surface area contributed by atoms with Gasteiger partial charge in [0.15, 0.2) is 4.80 Å². The molecule has 2 aromatic carbocycles. The van der Waals surface area contributed by atoms with E-state index >= 15 is 0 Å². The Hall–Kier alpha value is -1.85. The van der Waals surface area contributed by atoms with E-state index in [2.05, 4.69) is 20.9 Å². The number of ether oxygens (including phenoxy) is 1. The molecule has 10 heteroatoms. The average molecular weight is 555 g/mol. The number of fused-ring (bicyclic) bond motifs is 1. The van der Waals surface area contributed by atoms with Crippen LogP contribution in [0.25, 0.3) is 10.2 Å². The highest BCUT2D eigenvalue weighted by Crippen LogP contribution is 2.23. The zero-order valence-electron chi connectivity index (χ0n) is 19.0. The molecular formula is C23H28BrN3O4S2. The molecule has 0 aliphatic carbocycles. The molecule has 0 spiro atoms. The first kappa shape index (κ1) is 25.8. The third-order valence-corrected chi connectivity index (χ3v) is 8.49. The summed E-state index contributed by atoms with van der Waals surface area (Å²) in [6.45, 7) is 5.89. The summed E-state index contributed by atoms with van der Waals surface area (Å²) in [4.78, 5) is 18.0. The van der Waals surface area contributed by atoms with Crippen molar-refractivity contribution in [3.8, 4) is 0 Å². The highest BCUT2D eigenvalue weighted by molar-refractivity contribution is 9.10. The SMILES string of the molecule is CCCN(CCC)S(=O)(=O)c1ccc(C(=O)N=c2sc3cc(Br)ccc3n2CCOC)cc1. The Morgan fingerprint density at radius 1 is 1.12 bits per heavy atom. The predicted octanol–water partition coefficient (Wildman–Crippen LogP) is 4.66. The van der Waals surface area contributed by atoms with Gasteiger partial charge in [0.1, 0.15) is 0 Å². The second kappa shape index (κ2) is 11.5. The molecule has 0 fully saturated rings. The highest BCUT2D eigenvalue weighted by Gasteiger charge is 2.23. The molecule has 0 saturated heterocycles. The summed E-state index contributed by atoms with van der Waals surface area (Å²) in [5.74, 6) is -0.422. The van der Waals surface area contributed by atoms with E-state index in [0.29, 0.717) is 36.6 Å². The van der Waals surface area contributed by atoms with Crippen LogP contribution < -0.4 is 4.80 Å². The van der Waals surface area contributed by atoms with Gasteiger partial charge in [0.2, 0.25) is 10.0 Å². The van der Waals surface area contributed by atoms with Crippen LogP contribution in [0.2, 0.25) is 0 Å². The number of carbonyl (C=O) groups is 1. The minimum absolute atomic E-state index is 0.183. The minimum Gasteiger partial charge on any atom is -0.383 e. The zero-order valence-corrected chi connectivity index (χ0v) is 22.2. The molecule has 1 heterocycles. The van der Waals surface area contributed by atoms with E-state index in [9.17, 15) is 13.2 Å². The van der Waals surface area contributed by atoms with Crippen molar-refractivity contribution in [1.82, 2.24) is 8.87 Å². The summed E-state index contributed by atoms with van der Waals surface area (Å²) in [6, 6.07) is 11.9. The fraction of sp³-hybridized carbons (Fsp3) is 0.391. The number of amides is 1. The number of hydrogen-bond donors (Lipinski definition) is 0. The number of rotatable bonds is 10. The molecule has 3 aromatic rings. The third kappa shape index (κ3) is 5.99. The molecule has 1 aromatic heterocycles. The Labute approximate surface area is 206 Å². The standard InChI is InChI=1S/C23H28BrN3O4S2/c1-4-12-26(13-5-2)33(29,30)19-9-6-17(7-10-19)22(28)25-23-27(14-15-31-3)20-11-8-18(24)16-21(20)32-23/h6-11,16H,4-5,12-15H2,1-3H3. The second-order valence-corrected chi connectivity index (χ2v) is 11.3. The van der Waals surface area contributed by atoms with Gasteiger partial charge in [-0.1, -0.05) is 41.1 Å². The third-order valence-electron chi connectivity index (χ3n) is 5.05. The number of sulfonamides is 1. The van der Waals surface area contributed by atoms with E-state index in [1.165, 1.54) is 39.9 Å². The van der Waals surface area contributed by atoms with E-state index in [1.807, 2.05) is 36.6 Å². The Morgan fingerprint density at radius 3 is 2.39 bits per heavy atom. The van der Waals surface area contributed by atoms with E-state index in [0.717, 1.165) is 27.5 Å². The summed E-state index contributed by atoms with van der Waals surface area (Å²) in [6.07, 6.45) is 1.48. The Balaban J connectivity index is 1.94. The maximum atomic E-state index is 13.0. The fourth-order valence-electron chi connectivity index (χ4n) is 3.45. The maximum Gasteiger partial charge on any atom is 0.279 e. The van der Waals surface area contributed by atoms with Gasteiger partial charge in [-0.05, 0) is 55.3 Å². The van der Waals surface area contributed by atoms with Gasteiger partial charge in [-0.3, -0.25) is 4.79 Å². The van der Waals surface area contributed by atoms with Crippen LogP contribution in [-0.2, 0) is 21.3 Å². The monoisotopic (exact) mass is 553 g/mol. The van der Waals surface area contributed by atoms with Crippen LogP contribution in [-0.4, -0.2) is 50.0 Å². The highest BCUT2D eigenvalue weighted by atomic mass is 79.9. The van der Waals surface area contributed by atoms with Crippen molar-refractivity contribution in [2.45, 2.75) is 38.1 Å². The quantitative estimate of drug-likeness (QED) is 0.365. The lowest BCUT2D eigenvalue weighted by atomic mass is 10.2. The largest absolute Gasteiger partial charge is 0.383 e. The van der Waals surface area contributed by atoms with Crippen LogP contribution in [0.5, 0.6) is 0 Å². The van der Waals surface area contributed by atoms with Gasteiger partial charge in [-0.15, -0.1) is 0 Å². The second-order valence-electron chi connectivity index (χ2n) is 7.49. The van der Waals surface area contributed by atoms with Gasteiger partial charge in [-0.2, -0.15) is 9.30 Å². The number of carbonyl (C=O) groups excluding carboxylic acids is 1. The van der Waals surface area contributed by atoms with Crippen molar-refractivity contribution in [3.05, 3.63) is 57.3 Å². The first-order chi connectivity index (χ1) is 15.8. The fourth-order valence-corrected chi connectivity index (χ4v) is 6.68. The van der Waals surface area contributed by atoms with Gasteiger partial charge in [-0.25, -0.2) is 8.42 Å². The molecule has 33 heavy (non-hydrogen) atoms. The molecule has 0 saturated carbocycles. The molecule has 7 nitrogen and oxygen atoms in total. The van der Waals surface area contributed by atoms with Crippen LogP contribution in [0.4, 0.5) is 0 Å². The van der Waals surface area contributed by atoms with Gasteiger partial charge < -0.3 is 9.30 Å². The number of methoxy groups -OCH3 is 1. The van der Waals surface area contributed by atoms with Gasteiger partial charge >= 0.3 is 0 Å².